The second-order valence-electron chi connectivity index (χ2n) is 6.14. The number of rotatable bonds is 4. The molecule has 5 heteroatoms. The maximum Gasteiger partial charge on any atom is 0.240 e. The summed E-state index contributed by atoms with van der Waals surface area (Å²) in [7, 11) is 0. The van der Waals surface area contributed by atoms with Gasteiger partial charge in [-0.3, -0.25) is 19.3 Å². The molecule has 3 rings (SSSR count). The fourth-order valence-corrected chi connectivity index (χ4v) is 3.69. The van der Waals surface area contributed by atoms with Crippen molar-refractivity contribution in [3.05, 3.63) is 12.2 Å². The van der Waals surface area contributed by atoms with Gasteiger partial charge in [0.15, 0.2) is 0 Å². The first kappa shape index (κ1) is 13.3. The van der Waals surface area contributed by atoms with E-state index in [0.29, 0.717) is 0 Å². The second-order valence-corrected chi connectivity index (χ2v) is 6.14. The lowest BCUT2D eigenvalue weighted by molar-refractivity contribution is -0.144. The van der Waals surface area contributed by atoms with Crippen molar-refractivity contribution in [2.24, 2.45) is 23.7 Å². The Bertz CT molecular complexity index is 469. The van der Waals surface area contributed by atoms with E-state index in [1.165, 1.54) is 4.90 Å². The van der Waals surface area contributed by atoms with Crippen LogP contribution < -0.4 is 5.32 Å². The molecule has 20 heavy (non-hydrogen) atoms. The molecule has 5 unspecified atom stereocenters. The molecule has 5 atom stereocenters. The van der Waals surface area contributed by atoms with E-state index >= 15 is 0 Å². The van der Waals surface area contributed by atoms with E-state index in [-0.39, 0.29) is 54.0 Å². The van der Waals surface area contributed by atoms with Gasteiger partial charge in [-0.25, -0.2) is 0 Å². The molecule has 5 nitrogen and oxygen atoms in total. The maximum atomic E-state index is 12.4. The van der Waals surface area contributed by atoms with E-state index in [0.717, 1.165) is 12.8 Å². The molecule has 1 heterocycles. The van der Waals surface area contributed by atoms with Crippen LogP contribution in [0.3, 0.4) is 0 Å². The van der Waals surface area contributed by atoms with Crippen molar-refractivity contribution in [1.82, 2.24) is 10.2 Å². The summed E-state index contributed by atoms with van der Waals surface area (Å²) in [6.07, 6.45) is 5.85. The third kappa shape index (κ3) is 1.87. The predicted molar refractivity (Wildman–Crippen MR) is 72.3 cm³/mol. The van der Waals surface area contributed by atoms with Gasteiger partial charge in [0.1, 0.15) is 6.54 Å². The summed E-state index contributed by atoms with van der Waals surface area (Å²) in [6.45, 7) is 3.75. The lowest BCUT2D eigenvalue weighted by Gasteiger charge is -2.18. The van der Waals surface area contributed by atoms with E-state index in [4.69, 9.17) is 0 Å². The fraction of sp³-hybridized carbons (Fsp3) is 0.667. The molecule has 0 aromatic rings. The van der Waals surface area contributed by atoms with Gasteiger partial charge < -0.3 is 5.32 Å². The van der Waals surface area contributed by atoms with Gasteiger partial charge >= 0.3 is 0 Å². The minimum absolute atomic E-state index is 0.0626. The third-order valence-electron chi connectivity index (χ3n) is 4.88. The number of hydrogen-bond donors (Lipinski definition) is 1. The maximum absolute atomic E-state index is 12.4. The van der Waals surface area contributed by atoms with E-state index < -0.39 is 0 Å². The lowest BCUT2D eigenvalue weighted by Crippen LogP contribution is -2.44. The van der Waals surface area contributed by atoms with Crippen LogP contribution in [0.15, 0.2) is 12.2 Å². The molecule has 3 amide bonds. The van der Waals surface area contributed by atoms with Crippen molar-refractivity contribution in [2.75, 3.05) is 6.54 Å². The summed E-state index contributed by atoms with van der Waals surface area (Å²) in [5.74, 6) is -0.593. The molecular weight excluding hydrogens is 256 g/mol. The monoisotopic (exact) mass is 276 g/mol. The molecule has 108 valence electrons. The van der Waals surface area contributed by atoms with E-state index in [9.17, 15) is 14.4 Å². The van der Waals surface area contributed by atoms with Gasteiger partial charge in [-0.2, -0.15) is 0 Å². The molecule has 0 spiro atoms. The normalized spacial score (nSPS) is 35.6. The predicted octanol–water partition coefficient (Wildman–Crippen LogP) is 0.708. The number of hydrogen-bond acceptors (Lipinski definition) is 3. The summed E-state index contributed by atoms with van der Waals surface area (Å²) in [6, 6.07) is 0.0626. The van der Waals surface area contributed by atoms with Crippen molar-refractivity contribution in [2.45, 2.75) is 32.7 Å². The lowest BCUT2D eigenvalue weighted by atomic mass is 9.85. The molecule has 0 aromatic carbocycles. The zero-order valence-electron chi connectivity index (χ0n) is 11.8. The van der Waals surface area contributed by atoms with Crippen LogP contribution in [0.2, 0.25) is 0 Å². The Balaban J connectivity index is 1.69. The first-order valence-electron chi connectivity index (χ1n) is 7.35. The van der Waals surface area contributed by atoms with Gasteiger partial charge in [-0.1, -0.05) is 19.1 Å². The number of carbonyl (C=O) groups is 3. The van der Waals surface area contributed by atoms with Gasteiger partial charge in [0.05, 0.1) is 11.8 Å². The fourth-order valence-electron chi connectivity index (χ4n) is 3.69. The Kier molecular flexibility index (Phi) is 3.15. The highest BCUT2D eigenvalue weighted by atomic mass is 16.2. The Morgan fingerprint density at radius 2 is 1.85 bits per heavy atom. The highest BCUT2D eigenvalue weighted by Gasteiger charge is 2.59. The van der Waals surface area contributed by atoms with Gasteiger partial charge in [-0.05, 0) is 31.6 Å². The number of amides is 3. The van der Waals surface area contributed by atoms with Gasteiger partial charge in [0.25, 0.3) is 0 Å². The molecule has 0 aromatic heterocycles. The van der Waals surface area contributed by atoms with Crippen molar-refractivity contribution in [1.29, 1.82) is 0 Å². The van der Waals surface area contributed by atoms with Crippen LogP contribution in [0, 0.1) is 23.7 Å². The van der Waals surface area contributed by atoms with Gasteiger partial charge in [0.2, 0.25) is 17.7 Å². The summed E-state index contributed by atoms with van der Waals surface area (Å²) in [5.41, 5.74) is 0. The first-order valence-corrected chi connectivity index (χ1v) is 7.35. The summed E-state index contributed by atoms with van der Waals surface area (Å²) < 4.78 is 0. The molecule has 0 radical (unpaired) electrons. The average Bonchev–Trinajstić information content (AvgIpc) is 3.08. The Morgan fingerprint density at radius 1 is 1.30 bits per heavy atom. The molecule has 1 saturated heterocycles. The molecule has 1 aliphatic heterocycles. The summed E-state index contributed by atoms with van der Waals surface area (Å²) in [5, 5.41) is 2.80. The largest absolute Gasteiger partial charge is 0.352 e. The van der Waals surface area contributed by atoms with Crippen molar-refractivity contribution < 1.29 is 14.4 Å². The number of allylic oxidation sites excluding steroid dienone is 2. The topological polar surface area (TPSA) is 66.5 Å². The van der Waals surface area contributed by atoms with Gasteiger partial charge in [-0.15, -0.1) is 0 Å². The van der Waals surface area contributed by atoms with Crippen LogP contribution in [-0.2, 0) is 14.4 Å². The summed E-state index contributed by atoms with van der Waals surface area (Å²) >= 11 is 0. The highest BCUT2D eigenvalue weighted by molar-refractivity contribution is 6.08. The second kappa shape index (κ2) is 4.72. The van der Waals surface area contributed by atoms with Crippen LogP contribution in [-0.4, -0.2) is 35.2 Å². The smallest absolute Gasteiger partial charge is 0.240 e. The number of nitrogens with one attached hydrogen (secondary N) is 1. The zero-order chi connectivity index (χ0) is 14.4. The molecule has 2 fully saturated rings. The SMILES string of the molecule is CCC(C)NC(=O)CN1C(=O)C2C3C=CC(C3)C2C1=O. The zero-order valence-corrected chi connectivity index (χ0v) is 11.8. The van der Waals surface area contributed by atoms with Crippen molar-refractivity contribution in [3.8, 4) is 0 Å². The summed E-state index contributed by atoms with van der Waals surface area (Å²) in [4.78, 5) is 37.8. The van der Waals surface area contributed by atoms with Gasteiger partial charge in [0, 0.05) is 6.04 Å². The minimum atomic E-state index is -0.249. The van der Waals surface area contributed by atoms with Crippen LogP contribution in [0.5, 0.6) is 0 Å². The van der Waals surface area contributed by atoms with E-state index in [1.807, 2.05) is 13.8 Å². The Labute approximate surface area is 118 Å². The van der Waals surface area contributed by atoms with E-state index in [1.54, 1.807) is 0 Å². The Morgan fingerprint density at radius 3 is 2.35 bits per heavy atom. The average molecular weight is 276 g/mol. The standard InChI is InChI=1S/C15H20N2O3/c1-3-8(2)16-11(18)7-17-14(19)12-9-4-5-10(6-9)13(12)15(17)20/h4-5,8-10,12-13H,3,6-7H2,1-2H3,(H,16,18). The highest BCUT2D eigenvalue weighted by Crippen LogP contribution is 2.52. The molecular formula is C15H20N2O3. The number of imide groups is 1. The van der Waals surface area contributed by atoms with Crippen LogP contribution in [0.25, 0.3) is 0 Å². The molecule has 1 N–H and O–H groups in total. The minimum Gasteiger partial charge on any atom is -0.352 e. The third-order valence-corrected chi connectivity index (χ3v) is 4.88. The van der Waals surface area contributed by atoms with Crippen molar-refractivity contribution >= 4 is 17.7 Å². The molecule has 1 saturated carbocycles. The number of carbonyl (C=O) groups excluding carboxylic acids is 3. The number of likely N-dealkylation sites (tertiary alicyclic amines) is 1. The quantitative estimate of drug-likeness (QED) is 0.607. The van der Waals surface area contributed by atoms with Crippen molar-refractivity contribution in [3.63, 3.8) is 0 Å². The Hall–Kier alpha value is -1.65. The number of fused-ring (bicyclic) bond motifs is 5. The number of nitrogens with zero attached hydrogens (tertiary/aromatic N) is 1. The van der Waals surface area contributed by atoms with Crippen LogP contribution >= 0.6 is 0 Å². The van der Waals surface area contributed by atoms with E-state index in [2.05, 4.69) is 17.5 Å². The molecule has 2 aliphatic carbocycles. The molecule has 2 bridgehead atoms. The molecule has 3 aliphatic rings. The first-order chi connectivity index (χ1) is 9.52. The van der Waals surface area contributed by atoms with Crippen LogP contribution in [0.1, 0.15) is 26.7 Å². The van der Waals surface area contributed by atoms with Crippen LogP contribution in [0.4, 0.5) is 0 Å².